The zero-order valence-electron chi connectivity index (χ0n) is 6.27. The van der Waals surface area contributed by atoms with Crippen LogP contribution < -0.4 is 5.73 Å². The molecule has 0 bridgehead atoms. The van der Waals surface area contributed by atoms with E-state index in [9.17, 15) is 0 Å². The highest BCUT2D eigenvalue weighted by atomic mass is 79.9. The molecule has 0 aromatic heterocycles. The van der Waals surface area contributed by atoms with E-state index in [0.29, 0.717) is 0 Å². The number of thioether (sulfide) groups is 1. The van der Waals surface area contributed by atoms with Gasteiger partial charge in [-0.15, -0.1) is 11.8 Å². The summed E-state index contributed by atoms with van der Waals surface area (Å²) in [5.41, 5.74) is 5.42. The van der Waals surface area contributed by atoms with E-state index in [0.717, 1.165) is 24.0 Å². The first-order valence-electron chi connectivity index (χ1n) is 3.43. The zero-order chi connectivity index (χ0) is 7.82. The maximum absolute atomic E-state index is 5.42. The highest BCUT2D eigenvalue weighted by Gasteiger charge is 1.93. The third-order valence-electron chi connectivity index (χ3n) is 1.06. The fourth-order valence-electron chi connectivity index (χ4n) is 0.673. The molecule has 0 saturated carbocycles. The second kappa shape index (κ2) is 7.63. The average Bonchev–Trinajstić information content (AvgIpc) is 1.90. The Morgan fingerprint density at radius 1 is 1.70 bits per heavy atom. The fraction of sp³-hybridized carbons (Fsp3) is 0.714. The quantitative estimate of drug-likeness (QED) is 0.726. The first-order valence-corrected chi connectivity index (χ1v) is 5.53. The molecule has 0 aliphatic heterocycles. The molecule has 3 heteroatoms. The third kappa shape index (κ3) is 5.33. The molecule has 0 atom stereocenters. The van der Waals surface area contributed by atoms with Gasteiger partial charge in [-0.05, 0) is 24.3 Å². The summed E-state index contributed by atoms with van der Waals surface area (Å²) in [6.45, 7) is 2.90. The van der Waals surface area contributed by atoms with Gasteiger partial charge in [-0.1, -0.05) is 28.9 Å². The van der Waals surface area contributed by atoms with E-state index in [1.807, 2.05) is 11.8 Å². The number of alkyl halides is 1. The van der Waals surface area contributed by atoms with Gasteiger partial charge in [0.2, 0.25) is 0 Å². The van der Waals surface area contributed by atoms with Gasteiger partial charge in [0.05, 0.1) is 4.66 Å². The highest BCUT2D eigenvalue weighted by molar-refractivity contribution is 9.11. The normalized spacial score (nSPS) is 12.1. The number of hydrogen-bond acceptors (Lipinski definition) is 2. The van der Waals surface area contributed by atoms with E-state index >= 15 is 0 Å². The topological polar surface area (TPSA) is 26.0 Å². The van der Waals surface area contributed by atoms with Crippen LogP contribution in [0, 0.1) is 0 Å². The lowest BCUT2D eigenvalue weighted by Crippen LogP contribution is -1.98. The Labute approximate surface area is 75.6 Å². The lowest BCUT2D eigenvalue weighted by atomic mass is 10.3. The molecule has 0 rings (SSSR count). The minimum absolute atomic E-state index is 0.756. The summed E-state index contributed by atoms with van der Waals surface area (Å²) in [7, 11) is 0. The molecule has 0 fully saturated rings. The molecule has 0 amide bonds. The number of nitrogens with two attached hydrogens (primary N) is 1. The summed E-state index contributed by atoms with van der Waals surface area (Å²) in [5.74, 6) is 0. The molecule has 0 heterocycles. The van der Waals surface area contributed by atoms with Gasteiger partial charge >= 0.3 is 0 Å². The van der Waals surface area contributed by atoms with Crippen molar-refractivity contribution in [2.24, 2.45) is 5.73 Å². The van der Waals surface area contributed by atoms with E-state index in [2.05, 4.69) is 28.9 Å². The summed E-state index contributed by atoms with van der Waals surface area (Å²) in [4.78, 5) is 1.40. The Kier molecular flexibility index (Phi) is 8.04. The Bertz CT molecular complexity index is 95.8. The molecule has 10 heavy (non-hydrogen) atoms. The third-order valence-corrected chi connectivity index (χ3v) is 2.60. The zero-order valence-corrected chi connectivity index (χ0v) is 8.67. The van der Waals surface area contributed by atoms with Gasteiger partial charge in [0.25, 0.3) is 0 Å². The van der Waals surface area contributed by atoms with E-state index < -0.39 is 0 Å². The van der Waals surface area contributed by atoms with Crippen LogP contribution in [0.2, 0.25) is 0 Å². The van der Waals surface area contributed by atoms with Crippen LogP contribution in [0.25, 0.3) is 0 Å². The molecular formula is C7H14BrNS. The van der Waals surface area contributed by atoms with E-state index in [-0.39, 0.29) is 0 Å². The monoisotopic (exact) mass is 223 g/mol. The minimum atomic E-state index is 0.756. The second-order valence-corrected chi connectivity index (χ2v) is 4.28. The van der Waals surface area contributed by atoms with Gasteiger partial charge in [-0.25, -0.2) is 0 Å². The van der Waals surface area contributed by atoms with Crippen molar-refractivity contribution in [1.82, 2.24) is 0 Å². The number of allylic oxidation sites excluding steroid dienone is 1. The van der Waals surface area contributed by atoms with Crippen molar-refractivity contribution >= 4 is 27.7 Å². The maximum atomic E-state index is 5.42. The molecule has 1 nitrogen and oxygen atoms in total. The predicted molar refractivity (Wildman–Crippen MR) is 53.4 cm³/mol. The van der Waals surface area contributed by atoms with Crippen LogP contribution in [0.3, 0.4) is 0 Å². The molecule has 2 N–H and O–H groups in total. The van der Waals surface area contributed by atoms with E-state index in [1.165, 1.54) is 4.91 Å². The van der Waals surface area contributed by atoms with Gasteiger partial charge < -0.3 is 5.73 Å². The molecule has 0 spiro atoms. The molecule has 0 saturated heterocycles. The van der Waals surface area contributed by atoms with Crippen LogP contribution >= 0.6 is 27.7 Å². The largest absolute Gasteiger partial charge is 0.330 e. The highest BCUT2D eigenvalue weighted by Crippen LogP contribution is 2.20. The van der Waals surface area contributed by atoms with Gasteiger partial charge in [0.15, 0.2) is 0 Å². The first-order chi connectivity index (χ1) is 4.85. The first kappa shape index (κ1) is 10.5. The van der Waals surface area contributed by atoms with Gasteiger partial charge in [-0.2, -0.15) is 0 Å². The maximum Gasteiger partial charge on any atom is 0.0534 e. The van der Waals surface area contributed by atoms with Crippen LogP contribution in [0.15, 0.2) is 11.0 Å². The van der Waals surface area contributed by atoms with Gasteiger partial charge in [0, 0.05) is 0 Å². The van der Waals surface area contributed by atoms with Crippen molar-refractivity contribution in [2.45, 2.75) is 19.8 Å². The Morgan fingerprint density at radius 3 is 2.80 bits per heavy atom. The van der Waals surface area contributed by atoms with Gasteiger partial charge in [-0.3, -0.25) is 0 Å². The molecule has 0 aromatic rings. The molecule has 0 radical (unpaired) electrons. The molecule has 0 aliphatic rings. The SMILES string of the molecule is CCC=C(CCN)SCBr. The number of rotatable bonds is 5. The van der Waals surface area contributed by atoms with Gasteiger partial charge in [0.1, 0.15) is 0 Å². The summed E-state index contributed by atoms with van der Waals surface area (Å²) < 4.78 is 0.971. The molecule has 0 aliphatic carbocycles. The molecule has 60 valence electrons. The Balaban J connectivity index is 3.60. The lowest BCUT2D eigenvalue weighted by molar-refractivity contribution is 0.986. The summed E-state index contributed by atoms with van der Waals surface area (Å²) in [6.07, 6.45) is 4.36. The Hall–Kier alpha value is 0.530. The smallest absolute Gasteiger partial charge is 0.0534 e. The Morgan fingerprint density at radius 2 is 2.40 bits per heavy atom. The minimum Gasteiger partial charge on any atom is -0.330 e. The molecule has 0 aromatic carbocycles. The standard InChI is InChI=1S/C7H14BrNS/c1-2-3-7(4-5-9)10-6-8/h3H,2,4-6,9H2,1H3. The van der Waals surface area contributed by atoms with Crippen molar-refractivity contribution in [3.8, 4) is 0 Å². The summed E-state index contributed by atoms with van der Waals surface area (Å²) in [5, 5.41) is 0. The van der Waals surface area contributed by atoms with Crippen LogP contribution in [-0.4, -0.2) is 11.2 Å². The van der Waals surface area contributed by atoms with E-state index in [4.69, 9.17) is 5.73 Å². The summed E-state index contributed by atoms with van der Waals surface area (Å²) >= 11 is 5.19. The van der Waals surface area contributed by atoms with Crippen molar-refractivity contribution in [3.05, 3.63) is 11.0 Å². The number of hydrogen-bond donors (Lipinski definition) is 1. The molecular weight excluding hydrogens is 210 g/mol. The summed E-state index contributed by atoms with van der Waals surface area (Å²) in [6, 6.07) is 0. The number of halogens is 1. The van der Waals surface area contributed by atoms with Crippen LogP contribution in [-0.2, 0) is 0 Å². The second-order valence-electron chi connectivity index (χ2n) is 1.87. The predicted octanol–water partition coefficient (Wildman–Crippen LogP) is 2.71. The average molecular weight is 224 g/mol. The van der Waals surface area contributed by atoms with Crippen molar-refractivity contribution in [3.63, 3.8) is 0 Å². The van der Waals surface area contributed by atoms with Crippen LogP contribution in [0.1, 0.15) is 19.8 Å². The van der Waals surface area contributed by atoms with Crippen molar-refractivity contribution in [2.75, 3.05) is 11.2 Å². The van der Waals surface area contributed by atoms with E-state index in [1.54, 1.807) is 0 Å². The van der Waals surface area contributed by atoms with Crippen molar-refractivity contribution < 1.29 is 0 Å². The lowest BCUT2D eigenvalue weighted by Gasteiger charge is -2.00. The van der Waals surface area contributed by atoms with Crippen LogP contribution in [0.5, 0.6) is 0 Å². The van der Waals surface area contributed by atoms with Crippen LogP contribution in [0.4, 0.5) is 0 Å². The molecule has 0 unspecified atom stereocenters. The van der Waals surface area contributed by atoms with Crippen molar-refractivity contribution in [1.29, 1.82) is 0 Å². The fourth-order valence-corrected chi connectivity index (χ4v) is 2.24.